The minimum atomic E-state index is 1.05. The SMILES string of the molecule is CCC/C=C\c1ccccc1/C=C/[C]=O. The first-order valence-electron chi connectivity index (χ1n) is 5.18. The lowest BCUT2D eigenvalue weighted by Gasteiger charge is -1.99. The summed E-state index contributed by atoms with van der Waals surface area (Å²) in [6, 6.07) is 7.98. The summed E-state index contributed by atoms with van der Waals surface area (Å²) >= 11 is 0. The van der Waals surface area contributed by atoms with Gasteiger partial charge in [-0.05, 0) is 23.6 Å². The van der Waals surface area contributed by atoms with E-state index in [4.69, 9.17) is 0 Å². The third kappa shape index (κ3) is 3.94. The summed E-state index contributed by atoms with van der Waals surface area (Å²) in [5.41, 5.74) is 2.19. The Kier molecular flexibility index (Phi) is 5.16. The summed E-state index contributed by atoms with van der Waals surface area (Å²) < 4.78 is 0. The second-order valence-corrected chi connectivity index (χ2v) is 3.27. The molecule has 0 spiro atoms. The molecule has 15 heavy (non-hydrogen) atoms. The fraction of sp³-hybridized carbons (Fsp3) is 0.214. The normalized spacial score (nSPS) is 11.3. The second-order valence-electron chi connectivity index (χ2n) is 3.27. The van der Waals surface area contributed by atoms with E-state index in [2.05, 4.69) is 19.1 Å². The van der Waals surface area contributed by atoms with E-state index in [0.29, 0.717) is 0 Å². The van der Waals surface area contributed by atoms with E-state index >= 15 is 0 Å². The number of benzene rings is 1. The molecule has 77 valence electrons. The first-order valence-corrected chi connectivity index (χ1v) is 5.18. The maximum Gasteiger partial charge on any atom is 0.225 e. The van der Waals surface area contributed by atoms with Crippen LogP contribution in [0.15, 0.2) is 36.4 Å². The van der Waals surface area contributed by atoms with Crippen LogP contribution in [0.1, 0.15) is 30.9 Å². The van der Waals surface area contributed by atoms with Crippen molar-refractivity contribution in [2.24, 2.45) is 0 Å². The molecule has 0 unspecified atom stereocenters. The standard InChI is InChI=1S/C14H15O/c1-2-3-4-8-13-9-5-6-10-14(13)11-7-12-15/h4-11H,2-3H2,1H3/b8-4-,11-7+. The van der Waals surface area contributed by atoms with Gasteiger partial charge in [-0.2, -0.15) is 0 Å². The molecular weight excluding hydrogens is 184 g/mol. The largest absolute Gasteiger partial charge is 0.286 e. The lowest BCUT2D eigenvalue weighted by molar-refractivity contribution is 0.564. The molecule has 0 N–H and O–H groups in total. The smallest absolute Gasteiger partial charge is 0.225 e. The maximum absolute atomic E-state index is 10.1. The minimum Gasteiger partial charge on any atom is -0.286 e. The second kappa shape index (κ2) is 6.77. The fourth-order valence-electron chi connectivity index (χ4n) is 1.32. The molecule has 1 heteroatoms. The molecule has 0 atom stereocenters. The van der Waals surface area contributed by atoms with Crippen LogP contribution in [-0.4, -0.2) is 6.29 Å². The molecule has 0 aliphatic rings. The van der Waals surface area contributed by atoms with Crippen molar-refractivity contribution in [2.45, 2.75) is 19.8 Å². The quantitative estimate of drug-likeness (QED) is 0.662. The number of hydrogen-bond acceptors (Lipinski definition) is 1. The van der Waals surface area contributed by atoms with Crippen molar-refractivity contribution in [2.75, 3.05) is 0 Å². The van der Waals surface area contributed by atoms with E-state index in [-0.39, 0.29) is 0 Å². The van der Waals surface area contributed by atoms with Gasteiger partial charge in [0.05, 0.1) is 0 Å². The molecule has 1 nitrogen and oxygen atoms in total. The highest BCUT2D eigenvalue weighted by Gasteiger charge is 1.92. The lowest BCUT2D eigenvalue weighted by atomic mass is 10.1. The summed E-state index contributed by atoms with van der Waals surface area (Å²) in [6.07, 6.45) is 11.4. The van der Waals surface area contributed by atoms with E-state index in [0.717, 1.165) is 24.0 Å². The van der Waals surface area contributed by atoms with Crippen LogP contribution in [0.25, 0.3) is 12.2 Å². The molecule has 0 aliphatic carbocycles. The molecule has 0 fully saturated rings. The molecule has 1 aromatic rings. The zero-order valence-corrected chi connectivity index (χ0v) is 8.94. The van der Waals surface area contributed by atoms with Gasteiger partial charge >= 0.3 is 0 Å². The summed E-state index contributed by atoms with van der Waals surface area (Å²) in [7, 11) is 0. The fourth-order valence-corrected chi connectivity index (χ4v) is 1.32. The average molecular weight is 199 g/mol. The molecule has 0 aromatic heterocycles. The van der Waals surface area contributed by atoms with E-state index in [1.54, 1.807) is 12.4 Å². The van der Waals surface area contributed by atoms with Gasteiger partial charge in [0.15, 0.2) is 0 Å². The van der Waals surface area contributed by atoms with E-state index < -0.39 is 0 Å². The Labute approximate surface area is 91.1 Å². The average Bonchev–Trinajstić information content (AvgIpc) is 2.28. The Morgan fingerprint density at radius 2 is 1.87 bits per heavy atom. The topological polar surface area (TPSA) is 17.1 Å². The van der Waals surface area contributed by atoms with Gasteiger partial charge in [0.1, 0.15) is 0 Å². The lowest BCUT2D eigenvalue weighted by Crippen LogP contribution is -1.79. The predicted octanol–water partition coefficient (Wildman–Crippen LogP) is 3.62. The van der Waals surface area contributed by atoms with Gasteiger partial charge in [-0.1, -0.05) is 55.8 Å². The summed E-state index contributed by atoms with van der Waals surface area (Å²) in [4.78, 5) is 10.1. The van der Waals surface area contributed by atoms with Crippen molar-refractivity contribution in [1.82, 2.24) is 0 Å². The van der Waals surface area contributed by atoms with Gasteiger partial charge in [0.2, 0.25) is 6.29 Å². The molecule has 0 saturated heterocycles. The third-order valence-electron chi connectivity index (χ3n) is 2.08. The van der Waals surface area contributed by atoms with Gasteiger partial charge < -0.3 is 0 Å². The Hall–Kier alpha value is -1.63. The molecule has 0 heterocycles. The highest BCUT2D eigenvalue weighted by atomic mass is 16.1. The highest BCUT2D eigenvalue weighted by Crippen LogP contribution is 2.12. The van der Waals surface area contributed by atoms with Crippen LogP contribution in [-0.2, 0) is 4.79 Å². The summed E-state index contributed by atoms with van der Waals surface area (Å²) in [6.45, 7) is 2.15. The van der Waals surface area contributed by atoms with Crippen LogP contribution < -0.4 is 0 Å². The Morgan fingerprint density at radius 1 is 1.20 bits per heavy atom. The van der Waals surface area contributed by atoms with Crippen molar-refractivity contribution in [3.8, 4) is 0 Å². The maximum atomic E-state index is 10.1. The first kappa shape index (κ1) is 11.4. The van der Waals surface area contributed by atoms with Gasteiger partial charge in [0.25, 0.3) is 0 Å². The molecular formula is C14H15O. The van der Waals surface area contributed by atoms with E-state index in [9.17, 15) is 4.79 Å². The highest BCUT2D eigenvalue weighted by molar-refractivity contribution is 5.77. The zero-order chi connectivity index (χ0) is 10.9. The van der Waals surface area contributed by atoms with Crippen molar-refractivity contribution >= 4 is 18.4 Å². The van der Waals surface area contributed by atoms with Crippen molar-refractivity contribution in [3.63, 3.8) is 0 Å². The van der Waals surface area contributed by atoms with Crippen molar-refractivity contribution < 1.29 is 4.79 Å². The number of unbranched alkanes of at least 4 members (excludes halogenated alkanes) is 1. The van der Waals surface area contributed by atoms with Crippen molar-refractivity contribution in [3.05, 3.63) is 47.5 Å². The van der Waals surface area contributed by atoms with Gasteiger partial charge in [0, 0.05) is 0 Å². The third-order valence-corrected chi connectivity index (χ3v) is 2.08. The van der Waals surface area contributed by atoms with Gasteiger partial charge in [-0.15, -0.1) is 0 Å². The van der Waals surface area contributed by atoms with Crippen LogP contribution in [0, 0.1) is 0 Å². The monoisotopic (exact) mass is 199 g/mol. The van der Waals surface area contributed by atoms with Crippen LogP contribution >= 0.6 is 0 Å². The van der Waals surface area contributed by atoms with Crippen LogP contribution in [0.4, 0.5) is 0 Å². The van der Waals surface area contributed by atoms with Gasteiger partial charge in [-0.3, -0.25) is 4.79 Å². The Morgan fingerprint density at radius 3 is 2.47 bits per heavy atom. The van der Waals surface area contributed by atoms with Crippen molar-refractivity contribution in [1.29, 1.82) is 0 Å². The van der Waals surface area contributed by atoms with Crippen LogP contribution in [0.3, 0.4) is 0 Å². The number of rotatable bonds is 5. The molecule has 0 aliphatic heterocycles. The molecule has 0 bridgehead atoms. The predicted molar refractivity (Wildman–Crippen MR) is 65.1 cm³/mol. The van der Waals surface area contributed by atoms with Crippen LogP contribution in [0.2, 0.25) is 0 Å². The summed E-state index contributed by atoms with van der Waals surface area (Å²) in [5.74, 6) is 0. The molecule has 0 amide bonds. The van der Waals surface area contributed by atoms with E-state index in [1.807, 2.05) is 24.3 Å². The first-order chi connectivity index (χ1) is 7.38. The summed E-state index contributed by atoms with van der Waals surface area (Å²) in [5, 5.41) is 0. The number of hydrogen-bond donors (Lipinski definition) is 0. The van der Waals surface area contributed by atoms with E-state index in [1.165, 1.54) is 6.08 Å². The van der Waals surface area contributed by atoms with Gasteiger partial charge in [-0.25, -0.2) is 0 Å². The van der Waals surface area contributed by atoms with Crippen LogP contribution in [0.5, 0.6) is 0 Å². The molecule has 1 rings (SSSR count). The number of carbonyl (C=O) groups excluding carboxylic acids is 1. The Bertz CT molecular complexity index is 361. The molecule has 1 radical (unpaired) electrons. The Balaban J connectivity index is 2.85. The zero-order valence-electron chi connectivity index (χ0n) is 8.94. The minimum absolute atomic E-state index is 1.05. The molecule has 1 aromatic carbocycles. The number of allylic oxidation sites excluding steroid dienone is 2. The molecule has 0 saturated carbocycles.